The summed E-state index contributed by atoms with van der Waals surface area (Å²) < 4.78 is 5.61. The van der Waals surface area contributed by atoms with E-state index in [1.54, 1.807) is 0 Å². The number of fused-ring (bicyclic) bond motifs is 2. The van der Waals surface area contributed by atoms with Gasteiger partial charge < -0.3 is 15.4 Å². The number of piperidine rings is 1. The number of rotatable bonds is 3. The average Bonchev–Trinajstić information content (AvgIpc) is 2.38. The summed E-state index contributed by atoms with van der Waals surface area (Å²) in [6, 6.07) is 11.1. The Hall–Kier alpha value is -0.900. The molecular weight excluding hydrogens is 224 g/mol. The maximum Gasteiger partial charge on any atom is 0.0521 e. The molecule has 2 bridgehead atoms. The highest BCUT2D eigenvalue weighted by Gasteiger charge is 2.37. The number of hydrogen-bond acceptors (Lipinski definition) is 3. The molecule has 18 heavy (non-hydrogen) atoms. The Morgan fingerprint density at radius 1 is 1.11 bits per heavy atom. The van der Waals surface area contributed by atoms with Gasteiger partial charge in [0.05, 0.1) is 13.2 Å². The number of nitrogens with two attached hydrogens (primary N) is 1. The zero-order valence-corrected chi connectivity index (χ0v) is 10.8. The zero-order valence-electron chi connectivity index (χ0n) is 10.8. The molecule has 2 N–H and O–H groups in total. The van der Waals surface area contributed by atoms with E-state index in [0.29, 0.717) is 17.9 Å². The van der Waals surface area contributed by atoms with Crippen LogP contribution in [0.3, 0.4) is 0 Å². The fourth-order valence-electron chi connectivity index (χ4n) is 3.18. The first-order valence-electron chi connectivity index (χ1n) is 6.92. The molecular formula is C15H22N2O. The van der Waals surface area contributed by atoms with Crippen molar-refractivity contribution in [2.45, 2.75) is 12.5 Å². The van der Waals surface area contributed by atoms with Gasteiger partial charge in [-0.2, -0.15) is 0 Å². The Balaban J connectivity index is 1.55. The van der Waals surface area contributed by atoms with E-state index in [1.165, 1.54) is 5.56 Å². The summed E-state index contributed by atoms with van der Waals surface area (Å²) in [5.74, 6) is 1.07. The van der Waals surface area contributed by atoms with Gasteiger partial charge in [0.2, 0.25) is 0 Å². The van der Waals surface area contributed by atoms with Crippen LogP contribution in [-0.4, -0.2) is 43.8 Å². The van der Waals surface area contributed by atoms with Gasteiger partial charge >= 0.3 is 0 Å². The van der Waals surface area contributed by atoms with Crippen molar-refractivity contribution >= 4 is 0 Å². The molecule has 2 heterocycles. The van der Waals surface area contributed by atoms with Crippen LogP contribution in [-0.2, 0) is 11.2 Å². The second-order valence-corrected chi connectivity index (χ2v) is 5.63. The second kappa shape index (κ2) is 5.39. The van der Waals surface area contributed by atoms with E-state index in [1.807, 2.05) is 0 Å². The van der Waals surface area contributed by atoms with E-state index < -0.39 is 0 Å². The van der Waals surface area contributed by atoms with E-state index in [-0.39, 0.29) is 0 Å². The Morgan fingerprint density at radius 3 is 2.44 bits per heavy atom. The van der Waals surface area contributed by atoms with E-state index in [2.05, 4.69) is 35.2 Å². The lowest BCUT2D eigenvalue weighted by Crippen LogP contribution is -2.59. The van der Waals surface area contributed by atoms with Crippen LogP contribution in [0, 0.1) is 11.8 Å². The van der Waals surface area contributed by atoms with Crippen LogP contribution in [0.4, 0.5) is 0 Å². The highest BCUT2D eigenvalue weighted by molar-refractivity contribution is 5.15. The lowest BCUT2D eigenvalue weighted by molar-refractivity contribution is -0.0541. The molecule has 2 aliphatic rings. The average molecular weight is 246 g/mol. The number of ether oxygens (including phenoxy) is 1. The van der Waals surface area contributed by atoms with Crippen LogP contribution in [0.1, 0.15) is 5.56 Å². The van der Waals surface area contributed by atoms with E-state index in [4.69, 9.17) is 10.5 Å². The molecule has 0 radical (unpaired) electrons. The van der Waals surface area contributed by atoms with Crippen LogP contribution in [0.25, 0.3) is 0 Å². The Bertz CT molecular complexity index is 367. The topological polar surface area (TPSA) is 38.5 Å². The van der Waals surface area contributed by atoms with E-state index in [0.717, 1.165) is 39.3 Å². The lowest BCUT2D eigenvalue weighted by atomic mass is 9.83. The fraction of sp³-hybridized carbons (Fsp3) is 0.600. The molecule has 2 aliphatic heterocycles. The summed E-state index contributed by atoms with van der Waals surface area (Å²) in [5.41, 5.74) is 7.67. The molecule has 3 rings (SSSR count). The molecule has 3 heteroatoms. The van der Waals surface area contributed by atoms with Crippen molar-refractivity contribution < 1.29 is 4.74 Å². The van der Waals surface area contributed by atoms with Crippen LogP contribution >= 0.6 is 0 Å². The molecule has 3 nitrogen and oxygen atoms in total. The summed E-state index contributed by atoms with van der Waals surface area (Å²) in [7, 11) is 0. The third kappa shape index (κ3) is 2.58. The van der Waals surface area contributed by atoms with Gasteiger partial charge in [-0.1, -0.05) is 30.3 Å². The van der Waals surface area contributed by atoms with Crippen molar-refractivity contribution in [3.8, 4) is 0 Å². The van der Waals surface area contributed by atoms with Gasteiger partial charge in [-0.3, -0.25) is 0 Å². The van der Waals surface area contributed by atoms with Crippen molar-refractivity contribution in [1.29, 1.82) is 0 Å². The SMILES string of the molecule is NC1C2COCC1CN(CCc1ccccc1)C2. The van der Waals surface area contributed by atoms with Crippen molar-refractivity contribution in [1.82, 2.24) is 4.90 Å². The maximum absolute atomic E-state index is 6.25. The molecule has 0 saturated carbocycles. The molecule has 2 unspecified atom stereocenters. The van der Waals surface area contributed by atoms with Gasteiger partial charge in [-0.05, 0) is 12.0 Å². The minimum atomic E-state index is 0.353. The number of nitrogens with zero attached hydrogens (tertiary/aromatic N) is 1. The van der Waals surface area contributed by atoms with E-state index >= 15 is 0 Å². The summed E-state index contributed by atoms with van der Waals surface area (Å²) in [6.07, 6.45) is 1.14. The predicted molar refractivity (Wildman–Crippen MR) is 72.4 cm³/mol. The van der Waals surface area contributed by atoms with Gasteiger partial charge in [0.25, 0.3) is 0 Å². The summed E-state index contributed by atoms with van der Waals surface area (Å²) in [4.78, 5) is 2.56. The molecule has 2 atom stereocenters. The lowest BCUT2D eigenvalue weighted by Gasteiger charge is -2.45. The molecule has 98 valence electrons. The van der Waals surface area contributed by atoms with E-state index in [9.17, 15) is 0 Å². The molecule has 0 spiro atoms. The first-order valence-corrected chi connectivity index (χ1v) is 6.92. The highest BCUT2D eigenvalue weighted by Crippen LogP contribution is 2.26. The standard InChI is InChI=1S/C15H22N2O/c16-15-13-8-17(9-14(15)11-18-10-13)7-6-12-4-2-1-3-5-12/h1-5,13-15H,6-11,16H2. The largest absolute Gasteiger partial charge is 0.381 e. The maximum atomic E-state index is 6.25. The number of likely N-dealkylation sites (tertiary alicyclic amines) is 1. The monoisotopic (exact) mass is 246 g/mol. The van der Waals surface area contributed by atoms with Gasteiger partial charge in [-0.25, -0.2) is 0 Å². The van der Waals surface area contributed by atoms with Crippen LogP contribution in [0.5, 0.6) is 0 Å². The van der Waals surface area contributed by atoms with Crippen LogP contribution < -0.4 is 5.73 Å². The van der Waals surface area contributed by atoms with Gasteiger partial charge in [-0.15, -0.1) is 0 Å². The molecule has 0 aliphatic carbocycles. The molecule has 1 aromatic rings. The minimum Gasteiger partial charge on any atom is -0.381 e. The first kappa shape index (κ1) is 12.2. The number of hydrogen-bond donors (Lipinski definition) is 1. The van der Waals surface area contributed by atoms with Crippen molar-refractivity contribution in [3.05, 3.63) is 35.9 Å². The first-order chi connectivity index (χ1) is 8.83. The van der Waals surface area contributed by atoms with Crippen molar-refractivity contribution in [2.24, 2.45) is 17.6 Å². The van der Waals surface area contributed by atoms with Crippen molar-refractivity contribution in [3.63, 3.8) is 0 Å². The smallest absolute Gasteiger partial charge is 0.0521 e. The highest BCUT2D eigenvalue weighted by atomic mass is 16.5. The third-order valence-electron chi connectivity index (χ3n) is 4.30. The molecule has 0 aromatic heterocycles. The summed E-state index contributed by atoms with van der Waals surface area (Å²) >= 11 is 0. The minimum absolute atomic E-state index is 0.353. The van der Waals surface area contributed by atoms with Crippen molar-refractivity contribution in [2.75, 3.05) is 32.8 Å². The Kier molecular flexibility index (Phi) is 3.64. The Morgan fingerprint density at radius 2 is 1.78 bits per heavy atom. The van der Waals surface area contributed by atoms with Gasteiger partial charge in [0, 0.05) is 37.5 Å². The Labute approximate surface area is 109 Å². The summed E-state index contributed by atoms with van der Waals surface area (Å²) in [6.45, 7) is 5.04. The molecule has 2 saturated heterocycles. The predicted octanol–water partition coefficient (Wildman–Crippen LogP) is 1.13. The molecule has 1 aromatic carbocycles. The second-order valence-electron chi connectivity index (χ2n) is 5.63. The zero-order chi connectivity index (χ0) is 12.4. The normalized spacial score (nSPS) is 32.4. The van der Waals surface area contributed by atoms with Gasteiger partial charge in [0.15, 0.2) is 0 Å². The quantitative estimate of drug-likeness (QED) is 0.869. The van der Waals surface area contributed by atoms with Crippen LogP contribution in [0.15, 0.2) is 30.3 Å². The fourth-order valence-corrected chi connectivity index (χ4v) is 3.18. The number of benzene rings is 1. The van der Waals surface area contributed by atoms with Gasteiger partial charge in [0.1, 0.15) is 0 Å². The molecule has 0 amide bonds. The van der Waals surface area contributed by atoms with Crippen LogP contribution in [0.2, 0.25) is 0 Å². The summed E-state index contributed by atoms with van der Waals surface area (Å²) in [5, 5.41) is 0. The molecule has 2 fully saturated rings. The third-order valence-corrected chi connectivity index (χ3v) is 4.30.